The first-order valence-corrected chi connectivity index (χ1v) is 10.4. The number of non-ortho nitro benzene ring substituents is 1. The number of nitrogens with zero attached hydrogens (tertiary/aromatic N) is 2. The average Bonchev–Trinajstić information content (AvgIpc) is 3.05. The van der Waals surface area contributed by atoms with Gasteiger partial charge in [-0.25, -0.2) is 0 Å². The van der Waals surface area contributed by atoms with Crippen LogP contribution < -0.4 is 4.74 Å². The fourth-order valence-electron chi connectivity index (χ4n) is 3.33. The van der Waals surface area contributed by atoms with E-state index in [0.717, 1.165) is 28.1 Å². The lowest BCUT2D eigenvalue weighted by molar-refractivity contribution is -0.384. The number of nitro benzene ring substituents is 1. The lowest BCUT2D eigenvalue weighted by Crippen LogP contribution is -2.27. The molecule has 3 aromatic rings. The second-order valence-electron chi connectivity index (χ2n) is 6.84. The van der Waals surface area contributed by atoms with Crippen molar-refractivity contribution in [2.75, 3.05) is 6.54 Å². The highest BCUT2D eigenvalue weighted by Gasteiger charge is 2.34. The number of thioether (sulfide) groups is 1. The molecule has 1 aliphatic heterocycles. The highest BCUT2D eigenvalue weighted by Crippen LogP contribution is 2.37. The van der Waals surface area contributed by atoms with Crippen molar-refractivity contribution in [3.8, 4) is 5.75 Å². The molecule has 2 amide bonds. The number of likely N-dealkylation sites (N-methyl/N-ethyl adjacent to an activating group) is 1. The molecule has 0 aliphatic carbocycles. The van der Waals surface area contributed by atoms with E-state index in [1.54, 1.807) is 25.1 Å². The van der Waals surface area contributed by atoms with Gasteiger partial charge in [0.25, 0.3) is 16.8 Å². The van der Waals surface area contributed by atoms with E-state index >= 15 is 0 Å². The van der Waals surface area contributed by atoms with E-state index in [2.05, 4.69) is 0 Å². The third kappa shape index (κ3) is 4.15. The van der Waals surface area contributed by atoms with Crippen molar-refractivity contribution >= 4 is 45.4 Å². The van der Waals surface area contributed by atoms with Crippen molar-refractivity contribution in [3.05, 3.63) is 86.8 Å². The van der Waals surface area contributed by atoms with Crippen LogP contribution in [0.3, 0.4) is 0 Å². The fraction of sp³-hybridized carbons (Fsp3) is 0.130. The highest BCUT2D eigenvalue weighted by atomic mass is 32.2. The van der Waals surface area contributed by atoms with Gasteiger partial charge in [0.1, 0.15) is 12.4 Å². The van der Waals surface area contributed by atoms with Crippen molar-refractivity contribution in [3.63, 3.8) is 0 Å². The zero-order chi connectivity index (χ0) is 22.0. The molecular formula is C23H18N2O5S. The molecule has 8 heteroatoms. The van der Waals surface area contributed by atoms with Gasteiger partial charge in [-0.05, 0) is 59.3 Å². The maximum absolute atomic E-state index is 12.6. The van der Waals surface area contributed by atoms with Crippen molar-refractivity contribution in [2.45, 2.75) is 13.5 Å². The van der Waals surface area contributed by atoms with Crippen LogP contribution in [0.5, 0.6) is 5.75 Å². The summed E-state index contributed by atoms with van der Waals surface area (Å²) < 4.78 is 6.02. The minimum absolute atomic E-state index is 0.0155. The molecule has 0 N–H and O–H groups in total. The average molecular weight is 434 g/mol. The maximum Gasteiger partial charge on any atom is 0.293 e. The predicted octanol–water partition coefficient (Wildman–Crippen LogP) is 5.38. The summed E-state index contributed by atoms with van der Waals surface area (Å²) in [5.74, 6) is 0.243. The van der Waals surface area contributed by atoms with E-state index in [9.17, 15) is 19.7 Å². The van der Waals surface area contributed by atoms with Crippen LogP contribution in [0, 0.1) is 10.1 Å². The SMILES string of the molecule is CCN1C(=O)S/C(=C/c2c(OCc3ccc([N+](=O)[O-])cc3)ccc3ccccc23)C1=O. The Morgan fingerprint density at radius 2 is 1.81 bits per heavy atom. The Labute approximate surface area is 182 Å². The van der Waals surface area contributed by atoms with E-state index in [-0.39, 0.29) is 23.4 Å². The molecule has 0 radical (unpaired) electrons. The van der Waals surface area contributed by atoms with Gasteiger partial charge >= 0.3 is 0 Å². The van der Waals surface area contributed by atoms with Gasteiger partial charge in [0, 0.05) is 24.2 Å². The first-order valence-electron chi connectivity index (χ1n) is 9.61. The minimum atomic E-state index is -0.449. The zero-order valence-corrected chi connectivity index (χ0v) is 17.4. The molecule has 0 atom stereocenters. The summed E-state index contributed by atoms with van der Waals surface area (Å²) in [5.41, 5.74) is 1.50. The molecular weight excluding hydrogens is 416 g/mol. The summed E-state index contributed by atoms with van der Waals surface area (Å²) in [5, 5.41) is 12.4. The molecule has 0 spiro atoms. The lowest BCUT2D eigenvalue weighted by Gasteiger charge is -2.13. The van der Waals surface area contributed by atoms with E-state index < -0.39 is 4.92 Å². The van der Waals surface area contributed by atoms with Gasteiger partial charge in [0.05, 0.1) is 9.83 Å². The second-order valence-corrected chi connectivity index (χ2v) is 7.83. The molecule has 1 heterocycles. The number of carbonyl (C=O) groups excluding carboxylic acids is 2. The molecule has 1 saturated heterocycles. The quantitative estimate of drug-likeness (QED) is 0.294. The molecule has 1 fully saturated rings. The van der Waals surface area contributed by atoms with Crippen molar-refractivity contribution in [2.24, 2.45) is 0 Å². The Kier molecular flexibility index (Phi) is 5.73. The van der Waals surface area contributed by atoms with Gasteiger partial charge in [0.2, 0.25) is 0 Å². The van der Waals surface area contributed by atoms with Crippen LogP contribution in [0.2, 0.25) is 0 Å². The van der Waals surface area contributed by atoms with Crippen LogP contribution in [-0.2, 0) is 11.4 Å². The van der Waals surface area contributed by atoms with Crippen molar-refractivity contribution in [1.29, 1.82) is 0 Å². The Morgan fingerprint density at radius 1 is 1.06 bits per heavy atom. The number of imide groups is 1. The van der Waals surface area contributed by atoms with Gasteiger partial charge in [-0.15, -0.1) is 0 Å². The van der Waals surface area contributed by atoms with Gasteiger partial charge in [-0.3, -0.25) is 24.6 Å². The van der Waals surface area contributed by atoms with Gasteiger partial charge in [0.15, 0.2) is 0 Å². The summed E-state index contributed by atoms with van der Waals surface area (Å²) in [6, 6.07) is 17.6. The number of carbonyl (C=O) groups is 2. The van der Waals surface area contributed by atoms with E-state index in [1.165, 1.54) is 17.0 Å². The standard InChI is InChI=1S/C23H18N2O5S/c1-2-24-22(26)21(31-23(24)27)13-19-18-6-4-3-5-16(18)9-12-20(19)30-14-15-7-10-17(11-8-15)25(28)29/h3-13H,2,14H2,1H3/b21-13+. The molecule has 31 heavy (non-hydrogen) atoms. The molecule has 4 rings (SSSR count). The zero-order valence-electron chi connectivity index (χ0n) is 16.6. The molecule has 156 valence electrons. The molecule has 0 aromatic heterocycles. The van der Waals surface area contributed by atoms with Crippen molar-refractivity contribution < 1.29 is 19.2 Å². The van der Waals surface area contributed by atoms with Crippen LogP contribution in [0.15, 0.2) is 65.6 Å². The fourth-order valence-corrected chi connectivity index (χ4v) is 4.21. The minimum Gasteiger partial charge on any atom is -0.488 e. The number of benzene rings is 3. The Bertz CT molecular complexity index is 1220. The number of fused-ring (bicyclic) bond motifs is 1. The van der Waals surface area contributed by atoms with Crippen LogP contribution >= 0.6 is 11.8 Å². The number of amides is 2. The monoisotopic (exact) mass is 434 g/mol. The van der Waals surface area contributed by atoms with Crippen LogP contribution in [0.4, 0.5) is 10.5 Å². The molecule has 0 saturated carbocycles. The van der Waals surface area contributed by atoms with Crippen molar-refractivity contribution in [1.82, 2.24) is 4.90 Å². The third-order valence-electron chi connectivity index (χ3n) is 4.94. The Morgan fingerprint density at radius 3 is 2.48 bits per heavy atom. The largest absolute Gasteiger partial charge is 0.488 e. The van der Waals surface area contributed by atoms with Gasteiger partial charge in [-0.2, -0.15) is 0 Å². The molecule has 7 nitrogen and oxygen atoms in total. The number of hydrogen-bond acceptors (Lipinski definition) is 6. The smallest absolute Gasteiger partial charge is 0.293 e. The second kappa shape index (κ2) is 8.61. The first kappa shape index (κ1) is 20.6. The first-order chi connectivity index (χ1) is 15.0. The van der Waals surface area contributed by atoms with Crippen LogP contribution in [-0.4, -0.2) is 27.5 Å². The summed E-state index contributed by atoms with van der Waals surface area (Å²) in [7, 11) is 0. The number of rotatable bonds is 6. The highest BCUT2D eigenvalue weighted by molar-refractivity contribution is 8.18. The summed E-state index contributed by atoms with van der Waals surface area (Å²) in [6.45, 7) is 2.28. The number of hydrogen-bond donors (Lipinski definition) is 0. The molecule has 3 aromatic carbocycles. The number of nitro groups is 1. The predicted molar refractivity (Wildman–Crippen MR) is 120 cm³/mol. The summed E-state index contributed by atoms with van der Waals surface area (Å²) >= 11 is 0.916. The third-order valence-corrected chi connectivity index (χ3v) is 5.84. The Hall–Kier alpha value is -3.65. The van der Waals surface area contributed by atoms with Crippen LogP contribution in [0.1, 0.15) is 18.1 Å². The topological polar surface area (TPSA) is 89.8 Å². The summed E-state index contributed by atoms with van der Waals surface area (Å²) in [6.07, 6.45) is 1.70. The summed E-state index contributed by atoms with van der Waals surface area (Å²) in [4.78, 5) is 36.6. The van der Waals surface area contributed by atoms with Gasteiger partial charge in [-0.1, -0.05) is 30.3 Å². The van der Waals surface area contributed by atoms with E-state index in [4.69, 9.17) is 4.74 Å². The number of ether oxygens (including phenoxy) is 1. The molecule has 0 bridgehead atoms. The molecule has 1 aliphatic rings. The molecule has 0 unspecified atom stereocenters. The van der Waals surface area contributed by atoms with Gasteiger partial charge < -0.3 is 4.74 Å². The van der Waals surface area contributed by atoms with E-state index in [1.807, 2.05) is 36.4 Å². The maximum atomic E-state index is 12.6. The Balaban J connectivity index is 1.69. The van der Waals surface area contributed by atoms with Crippen LogP contribution in [0.25, 0.3) is 16.8 Å². The lowest BCUT2D eigenvalue weighted by atomic mass is 10.0. The van der Waals surface area contributed by atoms with E-state index in [0.29, 0.717) is 22.8 Å². The normalized spacial score (nSPS) is 15.1.